The van der Waals surface area contributed by atoms with Gasteiger partial charge in [-0.15, -0.1) is 13.2 Å². The minimum Gasteiger partial charge on any atom is -0.207 e. The molecule has 0 amide bonds. The Labute approximate surface area is 167 Å². The van der Waals surface area contributed by atoms with Crippen molar-refractivity contribution >= 4 is 49.1 Å². The Morgan fingerprint density at radius 3 is 2.00 bits per heavy atom. The molecule has 0 saturated heterocycles. The lowest BCUT2D eigenvalue weighted by atomic mass is 10.3. The van der Waals surface area contributed by atoms with Crippen LogP contribution >= 0.6 is 22.6 Å². The van der Waals surface area contributed by atoms with Gasteiger partial charge in [0.05, 0.1) is 8.07 Å². The fraction of sp³-hybridized carbons (Fsp3) is 0.238. The summed E-state index contributed by atoms with van der Waals surface area (Å²) < 4.78 is 14.8. The van der Waals surface area contributed by atoms with E-state index in [1.807, 2.05) is 12.1 Å². The lowest BCUT2D eigenvalue weighted by Crippen LogP contribution is -2.62. The maximum atomic E-state index is 13.6. The minimum absolute atomic E-state index is 0.168. The van der Waals surface area contributed by atoms with E-state index in [0.29, 0.717) is 0 Å². The second kappa shape index (κ2) is 9.10. The fourth-order valence-corrected chi connectivity index (χ4v) is 19.8. The van der Waals surface area contributed by atoms with E-state index in [0.717, 1.165) is 12.1 Å². The van der Waals surface area contributed by atoms with Crippen molar-refractivity contribution in [2.75, 3.05) is 4.05 Å². The maximum Gasteiger partial charge on any atom is 0.123 e. The highest BCUT2D eigenvalue weighted by Crippen LogP contribution is 2.29. The van der Waals surface area contributed by atoms with Gasteiger partial charge in [-0.3, -0.25) is 0 Å². The van der Waals surface area contributed by atoms with Crippen molar-refractivity contribution in [3.05, 3.63) is 85.7 Å². The Morgan fingerprint density at radius 2 is 1.48 bits per heavy atom. The second-order valence-electron chi connectivity index (χ2n) is 7.06. The molecule has 2 unspecified atom stereocenters. The molecule has 25 heavy (non-hydrogen) atoms. The molecule has 2 aromatic carbocycles. The van der Waals surface area contributed by atoms with E-state index in [-0.39, 0.29) is 5.82 Å². The quantitative estimate of drug-likeness (QED) is 0.196. The van der Waals surface area contributed by atoms with Crippen LogP contribution in [0.3, 0.4) is 0 Å². The highest BCUT2D eigenvalue weighted by molar-refractivity contribution is 14.1. The van der Waals surface area contributed by atoms with Crippen molar-refractivity contribution < 1.29 is 4.39 Å². The second-order valence-corrected chi connectivity index (χ2v) is 18.8. The van der Waals surface area contributed by atoms with Crippen LogP contribution in [0, 0.1) is 5.82 Å². The van der Waals surface area contributed by atoms with Gasteiger partial charge in [0, 0.05) is 0 Å². The van der Waals surface area contributed by atoms with Gasteiger partial charge >= 0.3 is 0 Å². The largest absolute Gasteiger partial charge is 0.207 e. The van der Waals surface area contributed by atoms with Crippen LogP contribution in [0.5, 0.6) is 0 Å². The molecule has 0 saturated carbocycles. The zero-order chi connectivity index (χ0) is 18.3. The average molecular weight is 481 g/mol. The molecule has 0 fully saturated rings. The van der Waals surface area contributed by atoms with E-state index in [1.54, 1.807) is 12.1 Å². The van der Waals surface area contributed by atoms with Gasteiger partial charge in [0.15, 0.2) is 0 Å². The van der Waals surface area contributed by atoms with Gasteiger partial charge in [-0.05, 0) is 28.3 Å². The molecule has 0 aliphatic heterocycles. The summed E-state index contributed by atoms with van der Waals surface area (Å²) in [6.07, 6.45) is 4.16. The summed E-state index contributed by atoms with van der Waals surface area (Å²) in [5, 5.41) is 2.74. The molecule has 2 atom stereocenters. The molecule has 0 N–H and O–H groups in total. The van der Waals surface area contributed by atoms with Crippen LogP contribution in [0.4, 0.5) is 4.39 Å². The summed E-state index contributed by atoms with van der Waals surface area (Å²) in [6, 6.07) is 20.2. The summed E-state index contributed by atoms with van der Waals surface area (Å²) in [5.74, 6) is -0.168. The number of allylic oxidation sites excluding steroid dienone is 2. The number of halogens is 2. The Kier molecular flexibility index (Phi) is 7.40. The molecule has 0 heterocycles. The first-order chi connectivity index (χ1) is 12.0. The van der Waals surface area contributed by atoms with E-state index in [2.05, 4.69) is 84.8 Å². The number of alkyl halides is 1. The smallest absolute Gasteiger partial charge is 0.123 e. The zero-order valence-electron chi connectivity index (χ0n) is 14.8. The Hall–Kier alpha value is -0.986. The number of benzene rings is 2. The highest BCUT2D eigenvalue weighted by Gasteiger charge is 2.42. The van der Waals surface area contributed by atoms with E-state index < -0.39 is 16.1 Å². The molecule has 132 valence electrons. The highest BCUT2D eigenvalue weighted by atomic mass is 127. The van der Waals surface area contributed by atoms with Crippen LogP contribution in [0.25, 0.3) is 0 Å². The molecule has 0 nitrogen and oxygen atoms in total. The van der Waals surface area contributed by atoms with Gasteiger partial charge in [0.1, 0.15) is 13.9 Å². The van der Waals surface area contributed by atoms with Crippen molar-refractivity contribution in [3.8, 4) is 0 Å². The van der Waals surface area contributed by atoms with Crippen LogP contribution in [-0.2, 0) is 0 Å². The normalized spacial score (nSPS) is 15.8. The summed E-state index contributed by atoms with van der Waals surface area (Å²) in [6.45, 7) is 10.6. The molecule has 2 aromatic rings. The predicted molar refractivity (Wildman–Crippen MR) is 123 cm³/mol. The molecule has 0 aliphatic carbocycles. The van der Waals surface area contributed by atoms with Gasteiger partial charge in [-0.2, -0.15) is 0 Å². The van der Waals surface area contributed by atoms with E-state index in [9.17, 15) is 4.39 Å². The molecule has 0 bridgehead atoms. The van der Waals surface area contributed by atoms with Crippen molar-refractivity contribution in [1.82, 2.24) is 0 Å². The SMILES string of the molecule is C=CC[Si](C)(CI)C[Si](CC=C)(c1ccccc1)c1ccc(F)cc1. The third-order valence-corrected chi connectivity index (χ3v) is 22.0. The topological polar surface area (TPSA) is 0 Å². The third-order valence-electron chi connectivity index (χ3n) is 4.90. The molecule has 4 heteroatoms. The summed E-state index contributed by atoms with van der Waals surface area (Å²) in [7, 11) is -3.53. The lowest BCUT2D eigenvalue weighted by Gasteiger charge is -2.39. The van der Waals surface area contributed by atoms with Gasteiger partial charge in [-0.1, -0.05) is 99.8 Å². The predicted octanol–water partition coefficient (Wildman–Crippen LogP) is 5.35. The molecular formula is C21H26FISi2. The Balaban J connectivity index is 2.65. The van der Waals surface area contributed by atoms with Gasteiger partial charge in [0.2, 0.25) is 0 Å². The van der Waals surface area contributed by atoms with E-state index in [4.69, 9.17) is 0 Å². The lowest BCUT2D eigenvalue weighted by molar-refractivity contribution is 0.628. The molecule has 0 spiro atoms. The van der Waals surface area contributed by atoms with Gasteiger partial charge in [-0.25, -0.2) is 4.39 Å². The van der Waals surface area contributed by atoms with Gasteiger partial charge < -0.3 is 0 Å². The Morgan fingerprint density at radius 1 is 0.920 bits per heavy atom. The van der Waals surface area contributed by atoms with Crippen LogP contribution < -0.4 is 10.4 Å². The first-order valence-corrected chi connectivity index (χ1v) is 15.7. The number of rotatable bonds is 9. The zero-order valence-corrected chi connectivity index (χ0v) is 19.0. The van der Waals surface area contributed by atoms with Crippen LogP contribution in [-0.4, -0.2) is 20.2 Å². The van der Waals surface area contributed by atoms with E-state index >= 15 is 0 Å². The third kappa shape index (κ3) is 4.80. The average Bonchev–Trinajstić information content (AvgIpc) is 2.63. The molecule has 0 aromatic heterocycles. The fourth-order valence-electron chi connectivity index (χ4n) is 3.70. The Bertz CT molecular complexity index is 702. The number of hydrogen-bond donors (Lipinski definition) is 0. The maximum absolute atomic E-state index is 13.6. The first-order valence-electron chi connectivity index (χ1n) is 8.59. The van der Waals surface area contributed by atoms with Crippen LogP contribution in [0.2, 0.25) is 24.3 Å². The van der Waals surface area contributed by atoms with Crippen molar-refractivity contribution in [2.24, 2.45) is 0 Å². The van der Waals surface area contributed by atoms with E-state index in [1.165, 1.54) is 20.1 Å². The van der Waals surface area contributed by atoms with Crippen molar-refractivity contribution in [3.63, 3.8) is 0 Å². The van der Waals surface area contributed by atoms with Crippen LogP contribution in [0.1, 0.15) is 0 Å². The molecule has 0 radical (unpaired) electrons. The minimum atomic E-state index is -2.04. The van der Waals surface area contributed by atoms with Gasteiger partial charge in [0.25, 0.3) is 0 Å². The summed E-state index contributed by atoms with van der Waals surface area (Å²) in [5.41, 5.74) is 1.23. The first kappa shape index (κ1) is 20.3. The van der Waals surface area contributed by atoms with Crippen LogP contribution in [0.15, 0.2) is 79.9 Å². The molecule has 2 rings (SSSR count). The molecular weight excluding hydrogens is 454 g/mol. The number of hydrogen-bond acceptors (Lipinski definition) is 0. The monoisotopic (exact) mass is 480 g/mol. The molecule has 0 aliphatic rings. The standard InChI is InChI=1S/C21H26FISi2/c1-4-15-24(3,17-23)18-25(16-5-2,20-9-7-6-8-10-20)21-13-11-19(22)12-14-21/h4-14H,1-2,15-18H2,3H3. The van der Waals surface area contributed by atoms with Crippen molar-refractivity contribution in [1.29, 1.82) is 0 Å². The summed E-state index contributed by atoms with van der Waals surface area (Å²) >= 11 is 2.55. The van der Waals surface area contributed by atoms with Crippen molar-refractivity contribution in [2.45, 2.75) is 24.3 Å². The summed E-state index contributed by atoms with van der Waals surface area (Å²) in [4.78, 5) is 0.